The zero-order valence-corrected chi connectivity index (χ0v) is 15.2. The van der Waals surface area contributed by atoms with Gasteiger partial charge in [0.05, 0.1) is 18.0 Å². The van der Waals surface area contributed by atoms with Crippen LogP contribution in [0.2, 0.25) is 0 Å². The van der Waals surface area contributed by atoms with Crippen LogP contribution in [-0.2, 0) is 17.8 Å². The number of carbonyl (C=O) groups is 1. The lowest BCUT2D eigenvalue weighted by Crippen LogP contribution is -2.22. The number of carbonyl (C=O) groups excluding carboxylic acids is 1. The fourth-order valence-corrected chi connectivity index (χ4v) is 2.80. The second-order valence-electron chi connectivity index (χ2n) is 6.13. The lowest BCUT2D eigenvalue weighted by atomic mass is 10.2. The summed E-state index contributed by atoms with van der Waals surface area (Å²) in [4.78, 5) is 30.8. The van der Waals surface area contributed by atoms with E-state index >= 15 is 0 Å². The van der Waals surface area contributed by atoms with Crippen LogP contribution in [-0.4, -0.2) is 44.3 Å². The van der Waals surface area contributed by atoms with Gasteiger partial charge in [0.2, 0.25) is 0 Å². The van der Waals surface area contributed by atoms with Gasteiger partial charge in [-0.3, -0.25) is 14.8 Å². The quantitative estimate of drug-likeness (QED) is 0.664. The van der Waals surface area contributed by atoms with Gasteiger partial charge in [-0.05, 0) is 27.8 Å². The minimum Gasteiger partial charge on any atom is -0.462 e. The number of nitrogens with one attached hydrogen (secondary N) is 1. The molecule has 0 unspecified atom stereocenters. The van der Waals surface area contributed by atoms with Crippen LogP contribution in [0, 0.1) is 13.8 Å². The van der Waals surface area contributed by atoms with Crippen molar-refractivity contribution in [2.75, 3.05) is 13.7 Å². The van der Waals surface area contributed by atoms with Crippen LogP contribution in [0.5, 0.6) is 0 Å². The van der Waals surface area contributed by atoms with Gasteiger partial charge in [-0.1, -0.05) is 5.16 Å². The van der Waals surface area contributed by atoms with Crippen molar-refractivity contribution in [3.63, 3.8) is 0 Å². The maximum atomic E-state index is 12.3. The molecule has 1 N–H and O–H groups in total. The molecule has 0 fully saturated rings. The highest BCUT2D eigenvalue weighted by Crippen LogP contribution is 2.15. The van der Waals surface area contributed by atoms with Crippen molar-refractivity contribution in [2.45, 2.75) is 33.9 Å². The second kappa shape index (κ2) is 7.12. The molecule has 0 aromatic carbocycles. The molecule has 0 atom stereocenters. The predicted octanol–water partition coefficient (Wildman–Crippen LogP) is 1.44. The first-order valence-electron chi connectivity index (χ1n) is 8.28. The number of esters is 1. The van der Waals surface area contributed by atoms with E-state index in [9.17, 15) is 9.59 Å². The van der Waals surface area contributed by atoms with Crippen molar-refractivity contribution in [3.05, 3.63) is 50.9 Å². The van der Waals surface area contributed by atoms with Gasteiger partial charge in [0.25, 0.3) is 5.56 Å². The third kappa shape index (κ3) is 3.38. The maximum Gasteiger partial charge on any atom is 0.343 e. The van der Waals surface area contributed by atoms with Gasteiger partial charge in [0, 0.05) is 30.9 Å². The number of rotatable bonds is 6. The minimum atomic E-state index is -0.514. The molecule has 0 bridgehead atoms. The summed E-state index contributed by atoms with van der Waals surface area (Å²) < 4.78 is 11.4. The highest BCUT2D eigenvalue weighted by Gasteiger charge is 2.18. The average Bonchev–Trinajstić information content (AvgIpc) is 3.14. The Kier molecular flexibility index (Phi) is 4.90. The Morgan fingerprint density at radius 3 is 2.81 bits per heavy atom. The van der Waals surface area contributed by atoms with E-state index in [1.54, 1.807) is 6.92 Å². The summed E-state index contributed by atoms with van der Waals surface area (Å²) in [5.41, 5.74) is 2.63. The fraction of sp³-hybridized carbons (Fsp3) is 0.412. The molecule has 0 radical (unpaired) electrons. The molecule has 3 aromatic heterocycles. The first kappa shape index (κ1) is 17.9. The van der Waals surface area contributed by atoms with Crippen LogP contribution in [0.1, 0.15) is 40.0 Å². The predicted molar refractivity (Wildman–Crippen MR) is 92.9 cm³/mol. The summed E-state index contributed by atoms with van der Waals surface area (Å²) in [7, 11) is 1.92. The van der Waals surface area contributed by atoms with Crippen LogP contribution in [0.15, 0.2) is 21.6 Å². The molecule has 9 nitrogen and oxygen atoms in total. The van der Waals surface area contributed by atoms with E-state index in [-0.39, 0.29) is 23.4 Å². The van der Waals surface area contributed by atoms with E-state index in [1.165, 1.54) is 16.8 Å². The minimum absolute atomic E-state index is 0.235. The highest BCUT2D eigenvalue weighted by atomic mass is 16.5. The molecule has 0 saturated carbocycles. The summed E-state index contributed by atoms with van der Waals surface area (Å²) >= 11 is 0. The van der Waals surface area contributed by atoms with Gasteiger partial charge >= 0.3 is 5.97 Å². The summed E-state index contributed by atoms with van der Waals surface area (Å²) in [6.45, 7) is 6.78. The Balaban J connectivity index is 1.87. The molecule has 0 aliphatic rings. The Hall–Kier alpha value is -2.94. The van der Waals surface area contributed by atoms with Crippen LogP contribution in [0.3, 0.4) is 0 Å². The highest BCUT2D eigenvalue weighted by molar-refractivity contribution is 5.95. The Morgan fingerprint density at radius 2 is 2.15 bits per heavy atom. The van der Waals surface area contributed by atoms with Crippen LogP contribution in [0.25, 0.3) is 5.65 Å². The molecule has 0 spiro atoms. The second-order valence-corrected chi connectivity index (χ2v) is 6.13. The van der Waals surface area contributed by atoms with Crippen LogP contribution in [0.4, 0.5) is 0 Å². The molecule has 0 amide bonds. The smallest absolute Gasteiger partial charge is 0.343 e. The Bertz CT molecular complexity index is 981. The summed E-state index contributed by atoms with van der Waals surface area (Å²) in [5.74, 6) is 0.257. The first-order chi connectivity index (χ1) is 12.4. The Labute approximate surface area is 149 Å². The normalized spacial score (nSPS) is 11.4. The topological polar surface area (TPSA) is 106 Å². The summed E-state index contributed by atoms with van der Waals surface area (Å²) in [5, 5.41) is 6.68. The molecule has 0 saturated heterocycles. The number of ether oxygens (including phenoxy) is 1. The zero-order valence-electron chi connectivity index (χ0n) is 15.2. The van der Waals surface area contributed by atoms with Crippen molar-refractivity contribution < 1.29 is 14.1 Å². The average molecular weight is 359 g/mol. The number of fused-ring (bicyclic) bond motifs is 1. The van der Waals surface area contributed by atoms with Gasteiger partial charge in [-0.2, -0.15) is 0 Å². The largest absolute Gasteiger partial charge is 0.462 e. The molecule has 0 aliphatic carbocycles. The SMILES string of the molecule is CCOC(=O)c1c[nH]n2c(=O)cc(CN(C)Cc3c(C)noc3C)nc12. The van der Waals surface area contributed by atoms with E-state index in [4.69, 9.17) is 9.26 Å². The van der Waals surface area contributed by atoms with Crippen molar-refractivity contribution in [1.82, 2.24) is 24.7 Å². The standard InChI is InChI=1S/C17H21N5O4/c1-5-25-17(24)13-7-18-22-15(23)6-12(19-16(13)22)8-21(4)9-14-10(2)20-26-11(14)3/h6-7,18H,5,8-9H2,1-4H3. The van der Waals surface area contributed by atoms with Crippen molar-refractivity contribution >= 4 is 11.6 Å². The molecule has 3 heterocycles. The third-order valence-corrected chi connectivity index (χ3v) is 4.09. The summed E-state index contributed by atoms with van der Waals surface area (Å²) in [6.07, 6.45) is 1.43. The molecular weight excluding hydrogens is 338 g/mol. The van der Waals surface area contributed by atoms with Crippen molar-refractivity contribution in [1.29, 1.82) is 0 Å². The maximum absolute atomic E-state index is 12.3. The number of aromatic amines is 1. The third-order valence-electron chi connectivity index (χ3n) is 4.09. The van der Waals surface area contributed by atoms with Gasteiger partial charge in [-0.25, -0.2) is 14.3 Å². The van der Waals surface area contributed by atoms with E-state index in [0.29, 0.717) is 18.8 Å². The van der Waals surface area contributed by atoms with Gasteiger partial charge in [0.15, 0.2) is 5.65 Å². The summed E-state index contributed by atoms with van der Waals surface area (Å²) in [6, 6.07) is 1.45. The number of H-pyrrole nitrogens is 1. The lowest BCUT2D eigenvalue weighted by Gasteiger charge is -2.15. The number of hydrogen-bond acceptors (Lipinski definition) is 7. The number of aromatic nitrogens is 4. The van der Waals surface area contributed by atoms with Crippen molar-refractivity contribution in [3.8, 4) is 0 Å². The molecule has 0 aliphatic heterocycles. The van der Waals surface area contributed by atoms with Crippen LogP contribution < -0.4 is 5.56 Å². The number of nitrogens with zero attached hydrogens (tertiary/aromatic N) is 4. The van der Waals surface area contributed by atoms with Crippen molar-refractivity contribution in [2.24, 2.45) is 0 Å². The molecule has 138 valence electrons. The van der Waals surface area contributed by atoms with E-state index in [1.807, 2.05) is 25.8 Å². The molecule has 26 heavy (non-hydrogen) atoms. The van der Waals surface area contributed by atoms with Gasteiger partial charge < -0.3 is 9.26 Å². The number of hydrogen-bond donors (Lipinski definition) is 1. The van der Waals surface area contributed by atoms with E-state index in [0.717, 1.165) is 17.0 Å². The monoisotopic (exact) mass is 359 g/mol. The molecule has 3 aromatic rings. The number of aryl methyl sites for hydroxylation is 2. The zero-order chi connectivity index (χ0) is 18.8. The van der Waals surface area contributed by atoms with Gasteiger partial charge in [-0.15, -0.1) is 0 Å². The van der Waals surface area contributed by atoms with E-state index in [2.05, 4.69) is 15.2 Å². The molecule has 9 heteroatoms. The van der Waals surface area contributed by atoms with Crippen LogP contribution >= 0.6 is 0 Å². The molecular formula is C17H21N5O4. The first-order valence-corrected chi connectivity index (χ1v) is 8.28. The molecule has 3 rings (SSSR count). The van der Waals surface area contributed by atoms with Gasteiger partial charge in [0.1, 0.15) is 11.3 Å². The fourth-order valence-electron chi connectivity index (χ4n) is 2.80. The van der Waals surface area contributed by atoms with E-state index < -0.39 is 5.97 Å². The lowest BCUT2D eigenvalue weighted by molar-refractivity contribution is 0.0528. The Morgan fingerprint density at radius 1 is 1.38 bits per heavy atom.